The Labute approximate surface area is 189 Å². The van der Waals surface area contributed by atoms with Gasteiger partial charge in [0.25, 0.3) is 5.91 Å². The van der Waals surface area contributed by atoms with Crippen molar-refractivity contribution >= 4 is 11.9 Å². The lowest BCUT2D eigenvalue weighted by Crippen LogP contribution is -2.36. The molecular weight excluding hydrogens is 416 g/mol. The van der Waals surface area contributed by atoms with E-state index in [-0.39, 0.29) is 12.5 Å². The van der Waals surface area contributed by atoms with Crippen LogP contribution >= 0.6 is 0 Å². The molecule has 5 nitrogen and oxygen atoms in total. The number of likely N-dealkylation sites (tertiary alicyclic amines) is 1. The fraction of sp³-hybridized carbons (Fsp3) is 0.600. The summed E-state index contributed by atoms with van der Waals surface area (Å²) in [7, 11) is 1.34. The molecule has 32 heavy (non-hydrogen) atoms. The molecule has 1 unspecified atom stereocenters. The van der Waals surface area contributed by atoms with E-state index in [0.29, 0.717) is 25.7 Å². The largest absolute Gasteiger partial charge is 0.469 e. The monoisotopic (exact) mass is 451 g/mol. The molecule has 7 heteroatoms. The second-order valence-corrected chi connectivity index (χ2v) is 8.40. The number of carbonyl (C=O) groups excluding carboxylic acids is 2. The maximum Gasteiger partial charge on any atom is 0.327 e. The zero-order valence-electron chi connectivity index (χ0n) is 18.8. The molecule has 178 valence electrons. The Kier molecular flexibility index (Phi) is 10.8. The number of aryl methyl sites for hydroxylation is 1. The van der Waals surface area contributed by atoms with E-state index in [9.17, 15) is 23.5 Å². The van der Waals surface area contributed by atoms with Crippen LogP contribution < -0.4 is 0 Å². The van der Waals surface area contributed by atoms with E-state index in [1.165, 1.54) is 17.6 Å². The molecule has 1 N–H and O–H groups in total. The van der Waals surface area contributed by atoms with Crippen LogP contribution in [0, 0.1) is 0 Å². The SMILES string of the molecule is COC(=O)CCCCCCN1C(=O)C(F)(F)C[C@@H]1/C=C/C(O)CCCCc1ccccc1. The lowest BCUT2D eigenvalue weighted by atomic mass is 10.0. The molecule has 1 fully saturated rings. The highest BCUT2D eigenvalue weighted by atomic mass is 19.3. The highest BCUT2D eigenvalue weighted by Crippen LogP contribution is 2.34. The van der Waals surface area contributed by atoms with Crippen LogP contribution in [-0.4, -0.2) is 53.6 Å². The number of benzene rings is 1. The predicted octanol–water partition coefficient (Wildman–Crippen LogP) is 4.68. The molecule has 2 rings (SSSR count). The number of hydrogen-bond acceptors (Lipinski definition) is 4. The molecule has 1 aromatic rings. The minimum absolute atomic E-state index is 0.245. The number of aliphatic hydroxyl groups excluding tert-OH is 1. The number of esters is 1. The van der Waals surface area contributed by atoms with Crippen LogP contribution in [0.25, 0.3) is 0 Å². The molecule has 0 spiro atoms. The van der Waals surface area contributed by atoms with Gasteiger partial charge in [-0.1, -0.05) is 61.7 Å². The van der Waals surface area contributed by atoms with Gasteiger partial charge in [0.15, 0.2) is 0 Å². The predicted molar refractivity (Wildman–Crippen MR) is 119 cm³/mol. The summed E-state index contributed by atoms with van der Waals surface area (Å²) in [4.78, 5) is 24.4. The number of amides is 1. The van der Waals surface area contributed by atoms with Crippen molar-refractivity contribution in [3.8, 4) is 0 Å². The van der Waals surface area contributed by atoms with E-state index in [1.807, 2.05) is 18.2 Å². The lowest BCUT2D eigenvalue weighted by molar-refractivity contribution is -0.148. The van der Waals surface area contributed by atoms with Gasteiger partial charge in [0.2, 0.25) is 0 Å². The normalized spacial score (nSPS) is 18.9. The average Bonchev–Trinajstić information content (AvgIpc) is 3.00. The number of hydrogen-bond donors (Lipinski definition) is 1. The number of carbonyl (C=O) groups is 2. The van der Waals surface area contributed by atoms with Gasteiger partial charge in [-0.15, -0.1) is 0 Å². The molecular formula is C25H35F2NO4. The summed E-state index contributed by atoms with van der Waals surface area (Å²) in [6.45, 7) is 0.245. The van der Waals surface area contributed by atoms with Crippen LogP contribution in [0.5, 0.6) is 0 Å². The first-order valence-corrected chi connectivity index (χ1v) is 11.5. The second-order valence-electron chi connectivity index (χ2n) is 8.40. The van der Waals surface area contributed by atoms with E-state index >= 15 is 0 Å². The highest BCUT2D eigenvalue weighted by Gasteiger charge is 2.52. The van der Waals surface area contributed by atoms with Gasteiger partial charge in [-0.3, -0.25) is 9.59 Å². The van der Waals surface area contributed by atoms with Gasteiger partial charge in [-0.05, 0) is 37.7 Å². The zero-order valence-corrected chi connectivity index (χ0v) is 18.8. The first kappa shape index (κ1) is 26.0. The fourth-order valence-electron chi connectivity index (χ4n) is 3.95. The van der Waals surface area contributed by atoms with Crippen molar-refractivity contribution in [1.82, 2.24) is 4.90 Å². The summed E-state index contributed by atoms with van der Waals surface area (Å²) in [5.74, 6) is -4.76. The average molecular weight is 452 g/mol. The Morgan fingerprint density at radius 1 is 1.19 bits per heavy atom. The Hall–Kier alpha value is -2.28. The highest BCUT2D eigenvalue weighted by molar-refractivity contribution is 5.86. The van der Waals surface area contributed by atoms with Crippen molar-refractivity contribution in [2.45, 2.75) is 82.3 Å². The number of aliphatic hydroxyl groups is 1. The van der Waals surface area contributed by atoms with Gasteiger partial charge in [0, 0.05) is 19.4 Å². The summed E-state index contributed by atoms with van der Waals surface area (Å²) in [6.07, 6.45) is 8.23. The number of halogens is 2. The number of alkyl halides is 2. The third-order valence-electron chi connectivity index (χ3n) is 5.81. The molecule has 1 amide bonds. The minimum atomic E-state index is -3.36. The molecule has 0 aliphatic carbocycles. The maximum atomic E-state index is 14.0. The molecule has 0 saturated carbocycles. The Balaban J connectivity index is 1.73. The number of methoxy groups -OCH3 is 1. The molecule has 0 aromatic heterocycles. The van der Waals surface area contributed by atoms with Crippen molar-refractivity contribution in [3.63, 3.8) is 0 Å². The summed E-state index contributed by atoms with van der Waals surface area (Å²) < 4.78 is 32.6. The van der Waals surface area contributed by atoms with Crippen molar-refractivity contribution in [2.24, 2.45) is 0 Å². The van der Waals surface area contributed by atoms with Gasteiger partial charge < -0.3 is 14.7 Å². The summed E-state index contributed by atoms with van der Waals surface area (Å²) >= 11 is 0. The molecule has 1 aliphatic heterocycles. The standard InChI is InChI=1S/C25H35F2NO4/c1-32-23(30)15-7-2-3-10-18-28-21(19-25(26,27)24(28)31)16-17-22(29)14-9-8-13-20-11-5-4-6-12-20/h4-6,11-12,16-17,21-22,29H,2-3,7-10,13-15,18-19H2,1H3/b17-16+/t21-,22?/m0/s1. The van der Waals surface area contributed by atoms with Crippen LogP contribution in [0.4, 0.5) is 8.78 Å². The Morgan fingerprint density at radius 3 is 2.62 bits per heavy atom. The number of rotatable bonds is 14. The van der Waals surface area contributed by atoms with Gasteiger partial charge >= 0.3 is 11.9 Å². The van der Waals surface area contributed by atoms with Crippen molar-refractivity contribution in [3.05, 3.63) is 48.0 Å². The molecule has 1 heterocycles. The maximum absolute atomic E-state index is 14.0. The van der Waals surface area contributed by atoms with E-state index in [1.54, 1.807) is 12.2 Å². The summed E-state index contributed by atoms with van der Waals surface area (Å²) in [6, 6.07) is 9.41. The Bertz CT molecular complexity index is 739. The van der Waals surface area contributed by atoms with Gasteiger partial charge in [0.05, 0.1) is 19.3 Å². The van der Waals surface area contributed by atoms with E-state index < -0.39 is 30.4 Å². The van der Waals surface area contributed by atoms with Crippen LogP contribution in [-0.2, 0) is 20.7 Å². The first-order chi connectivity index (χ1) is 15.3. The Morgan fingerprint density at radius 2 is 1.91 bits per heavy atom. The number of unbranched alkanes of at least 4 members (excludes halogenated alkanes) is 4. The molecule has 2 atom stereocenters. The van der Waals surface area contributed by atoms with Gasteiger partial charge in [-0.25, -0.2) is 0 Å². The smallest absolute Gasteiger partial charge is 0.327 e. The van der Waals surface area contributed by atoms with Gasteiger partial charge in [-0.2, -0.15) is 8.78 Å². The first-order valence-electron chi connectivity index (χ1n) is 11.5. The van der Waals surface area contributed by atoms with Crippen LogP contribution in [0.2, 0.25) is 0 Å². The third kappa shape index (κ3) is 8.69. The van der Waals surface area contributed by atoms with E-state index in [0.717, 1.165) is 32.1 Å². The molecule has 1 aromatic carbocycles. The summed E-state index contributed by atoms with van der Waals surface area (Å²) in [5, 5.41) is 10.2. The van der Waals surface area contributed by atoms with Crippen molar-refractivity contribution in [2.75, 3.05) is 13.7 Å². The zero-order chi connectivity index (χ0) is 23.4. The lowest BCUT2D eigenvalue weighted by Gasteiger charge is -2.22. The topological polar surface area (TPSA) is 66.8 Å². The number of ether oxygens (including phenoxy) is 1. The van der Waals surface area contributed by atoms with E-state index in [2.05, 4.69) is 16.9 Å². The minimum Gasteiger partial charge on any atom is -0.469 e. The quantitative estimate of drug-likeness (QED) is 0.253. The third-order valence-corrected chi connectivity index (χ3v) is 5.81. The van der Waals surface area contributed by atoms with Crippen LogP contribution in [0.15, 0.2) is 42.5 Å². The fourth-order valence-corrected chi connectivity index (χ4v) is 3.95. The molecule has 1 aliphatic rings. The summed E-state index contributed by atoms with van der Waals surface area (Å²) in [5.41, 5.74) is 1.25. The molecule has 1 saturated heterocycles. The van der Waals surface area contributed by atoms with Crippen molar-refractivity contribution in [1.29, 1.82) is 0 Å². The van der Waals surface area contributed by atoms with Gasteiger partial charge in [0.1, 0.15) is 0 Å². The molecule has 0 bridgehead atoms. The van der Waals surface area contributed by atoms with Crippen LogP contribution in [0.3, 0.4) is 0 Å². The van der Waals surface area contributed by atoms with Crippen molar-refractivity contribution < 1.29 is 28.2 Å². The van der Waals surface area contributed by atoms with Crippen LogP contribution in [0.1, 0.15) is 63.4 Å². The molecule has 0 radical (unpaired) electrons. The number of nitrogens with zero attached hydrogens (tertiary/aromatic N) is 1. The van der Waals surface area contributed by atoms with E-state index in [4.69, 9.17) is 0 Å². The second kappa shape index (κ2) is 13.3.